The fourth-order valence-electron chi connectivity index (χ4n) is 3.17. The lowest BCUT2D eigenvalue weighted by Gasteiger charge is -2.37. The van der Waals surface area contributed by atoms with E-state index in [1.807, 2.05) is 0 Å². The Balaban J connectivity index is 1.82. The van der Waals surface area contributed by atoms with E-state index in [1.54, 1.807) is 41.0 Å². The number of carbonyl (C=O) groups excluding carboxylic acids is 3. The summed E-state index contributed by atoms with van der Waals surface area (Å²) < 4.78 is 5.02. The summed E-state index contributed by atoms with van der Waals surface area (Å²) in [5.41, 5.74) is 0.525. The van der Waals surface area contributed by atoms with Crippen LogP contribution < -0.4 is 5.32 Å². The van der Waals surface area contributed by atoms with Crippen LogP contribution in [0, 0.1) is 0 Å². The third-order valence-electron chi connectivity index (χ3n) is 4.58. The van der Waals surface area contributed by atoms with Gasteiger partial charge in [0.25, 0.3) is 5.91 Å². The first-order valence-corrected chi connectivity index (χ1v) is 9.52. The summed E-state index contributed by atoms with van der Waals surface area (Å²) >= 11 is 5.82. The number of benzene rings is 1. The van der Waals surface area contributed by atoms with Gasteiger partial charge in [0.05, 0.1) is 6.61 Å². The average Bonchev–Trinajstić information content (AvgIpc) is 2.65. The minimum atomic E-state index is -0.305. The summed E-state index contributed by atoms with van der Waals surface area (Å²) in [6.07, 6.45) is 1.09. The molecule has 1 saturated heterocycles. The molecule has 1 aliphatic rings. The summed E-state index contributed by atoms with van der Waals surface area (Å²) in [5, 5.41) is 3.40. The lowest BCUT2D eigenvalue weighted by Crippen LogP contribution is -2.50. The van der Waals surface area contributed by atoms with E-state index in [0.717, 1.165) is 0 Å². The number of ether oxygens (including phenoxy) is 1. The van der Waals surface area contributed by atoms with Gasteiger partial charge in [-0.25, -0.2) is 4.79 Å². The topological polar surface area (TPSA) is 79.0 Å². The number of amides is 3. The van der Waals surface area contributed by atoms with Crippen LogP contribution >= 0.6 is 11.6 Å². The minimum Gasteiger partial charge on any atom is -0.450 e. The molecule has 1 fully saturated rings. The number of rotatable bonds is 6. The van der Waals surface area contributed by atoms with Crippen molar-refractivity contribution in [2.24, 2.45) is 0 Å². The van der Waals surface area contributed by atoms with Gasteiger partial charge in [0.1, 0.15) is 0 Å². The van der Waals surface area contributed by atoms with Crippen LogP contribution in [0.1, 0.15) is 37.0 Å². The van der Waals surface area contributed by atoms with E-state index in [9.17, 15) is 14.4 Å². The molecule has 0 aliphatic carbocycles. The van der Waals surface area contributed by atoms with Gasteiger partial charge in [-0.3, -0.25) is 9.59 Å². The highest BCUT2D eigenvalue weighted by Gasteiger charge is 2.28. The Morgan fingerprint density at radius 2 is 1.85 bits per heavy atom. The van der Waals surface area contributed by atoms with Crippen LogP contribution in [-0.4, -0.2) is 66.5 Å². The number of halogens is 1. The van der Waals surface area contributed by atoms with Crippen LogP contribution in [-0.2, 0) is 9.53 Å². The van der Waals surface area contributed by atoms with Crippen molar-refractivity contribution in [1.82, 2.24) is 15.1 Å². The van der Waals surface area contributed by atoms with Gasteiger partial charge in [-0.05, 0) is 44.0 Å². The highest BCUT2D eigenvalue weighted by molar-refractivity contribution is 6.30. The summed E-state index contributed by atoms with van der Waals surface area (Å²) in [4.78, 5) is 39.4. The maximum Gasteiger partial charge on any atom is 0.409 e. The summed E-state index contributed by atoms with van der Waals surface area (Å²) in [7, 11) is 0. The standard InChI is InChI=1S/C19H26ClN3O4/c1-3-27-19(26)22-11-8-17(9-12-22)23(14(2)24)13-10-21-18(25)15-4-6-16(20)7-5-15/h4-7,17H,3,8-13H2,1-2H3,(H,21,25). The number of nitrogens with one attached hydrogen (secondary N) is 1. The summed E-state index contributed by atoms with van der Waals surface area (Å²) in [6.45, 7) is 5.57. The molecule has 148 valence electrons. The maximum atomic E-state index is 12.1. The number of piperidine rings is 1. The van der Waals surface area contributed by atoms with Crippen LogP contribution in [0.25, 0.3) is 0 Å². The summed E-state index contributed by atoms with van der Waals surface area (Å²) in [5.74, 6) is -0.238. The van der Waals surface area contributed by atoms with Crippen molar-refractivity contribution >= 4 is 29.5 Å². The third kappa shape index (κ3) is 6.13. The molecule has 1 aliphatic heterocycles. The third-order valence-corrected chi connectivity index (χ3v) is 4.83. The van der Waals surface area contributed by atoms with Gasteiger partial charge in [-0.15, -0.1) is 0 Å². The maximum absolute atomic E-state index is 12.1. The van der Waals surface area contributed by atoms with Gasteiger partial charge < -0.3 is 19.9 Å². The Hall–Kier alpha value is -2.28. The Morgan fingerprint density at radius 3 is 2.41 bits per heavy atom. The van der Waals surface area contributed by atoms with Gasteiger partial charge in [-0.1, -0.05) is 11.6 Å². The van der Waals surface area contributed by atoms with E-state index in [4.69, 9.17) is 16.3 Å². The zero-order chi connectivity index (χ0) is 19.8. The largest absolute Gasteiger partial charge is 0.450 e. The molecule has 1 aromatic carbocycles. The Labute approximate surface area is 164 Å². The van der Waals surface area contributed by atoms with Crippen molar-refractivity contribution in [2.45, 2.75) is 32.7 Å². The molecular weight excluding hydrogens is 370 g/mol. The lowest BCUT2D eigenvalue weighted by atomic mass is 10.0. The SMILES string of the molecule is CCOC(=O)N1CCC(N(CCNC(=O)c2ccc(Cl)cc2)C(C)=O)CC1. The molecular formula is C19H26ClN3O4. The smallest absolute Gasteiger partial charge is 0.409 e. The number of hydrogen-bond donors (Lipinski definition) is 1. The highest BCUT2D eigenvalue weighted by atomic mass is 35.5. The molecule has 0 bridgehead atoms. The molecule has 0 saturated carbocycles. The molecule has 0 radical (unpaired) electrons. The van der Waals surface area contributed by atoms with Gasteiger partial charge in [0, 0.05) is 49.7 Å². The minimum absolute atomic E-state index is 0.0367. The van der Waals surface area contributed by atoms with E-state index >= 15 is 0 Å². The van der Waals surface area contributed by atoms with Crippen molar-refractivity contribution in [3.63, 3.8) is 0 Å². The quantitative estimate of drug-likeness (QED) is 0.802. The fourth-order valence-corrected chi connectivity index (χ4v) is 3.29. The first kappa shape index (κ1) is 21.0. The Kier molecular flexibility index (Phi) is 7.91. The lowest BCUT2D eigenvalue weighted by molar-refractivity contribution is -0.131. The molecule has 1 heterocycles. The van der Waals surface area contributed by atoms with Gasteiger partial charge >= 0.3 is 6.09 Å². The van der Waals surface area contributed by atoms with E-state index in [-0.39, 0.29) is 23.9 Å². The van der Waals surface area contributed by atoms with Crippen molar-refractivity contribution in [3.05, 3.63) is 34.9 Å². The normalized spacial score (nSPS) is 14.6. The van der Waals surface area contributed by atoms with Gasteiger partial charge in [0.2, 0.25) is 5.91 Å². The number of hydrogen-bond acceptors (Lipinski definition) is 4. The number of nitrogens with zero attached hydrogens (tertiary/aromatic N) is 2. The fraction of sp³-hybridized carbons (Fsp3) is 0.526. The summed E-state index contributed by atoms with van der Waals surface area (Å²) in [6, 6.07) is 6.70. The molecule has 8 heteroatoms. The molecule has 0 atom stereocenters. The molecule has 7 nitrogen and oxygen atoms in total. The number of carbonyl (C=O) groups is 3. The highest BCUT2D eigenvalue weighted by Crippen LogP contribution is 2.17. The molecule has 27 heavy (non-hydrogen) atoms. The predicted molar refractivity (Wildman–Crippen MR) is 103 cm³/mol. The van der Waals surface area contributed by atoms with Crippen molar-refractivity contribution < 1.29 is 19.1 Å². The van der Waals surface area contributed by atoms with E-state index in [2.05, 4.69) is 5.32 Å². The van der Waals surface area contributed by atoms with Crippen molar-refractivity contribution in [2.75, 3.05) is 32.8 Å². The van der Waals surface area contributed by atoms with Crippen molar-refractivity contribution in [3.8, 4) is 0 Å². The van der Waals surface area contributed by atoms with E-state index < -0.39 is 0 Å². The molecule has 3 amide bonds. The molecule has 1 N–H and O–H groups in total. The Bertz CT molecular complexity index is 657. The van der Waals surface area contributed by atoms with Crippen LogP contribution in [0.5, 0.6) is 0 Å². The second-order valence-corrected chi connectivity index (χ2v) is 6.83. The average molecular weight is 396 g/mol. The molecule has 0 spiro atoms. The van der Waals surface area contributed by atoms with Gasteiger partial charge in [0.15, 0.2) is 0 Å². The first-order valence-electron chi connectivity index (χ1n) is 9.15. The monoisotopic (exact) mass is 395 g/mol. The van der Waals surface area contributed by atoms with E-state index in [0.29, 0.717) is 56.2 Å². The van der Waals surface area contributed by atoms with Gasteiger partial charge in [-0.2, -0.15) is 0 Å². The van der Waals surface area contributed by atoms with Crippen molar-refractivity contribution in [1.29, 1.82) is 0 Å². The number of likely N-dealkylation sites (tertiary alicyclic amines) is 1. The zero-order valence-electron chi connectivity index (χ0n) is 15.7. The predicted octanol–water partition coefficient (Wildman–Crippen LogP) is 2.54. The first-order chi connectivity index (χ1) is 12.9. The zero-order valence-corrected chi connectivity index (χ0v) is 16.5. The van der Waals surface area contributed by atoms with Crippen LogP contribution in [0.15, 0.2) is 24.3 Å². The van der Waals surface area contributed by atoms with Crippen LogP contribution in [0.4, 0.5) is 4.79 Å². The van der Waals surface area contributed by atoms with Crippen LogP contribution in [0.3, 0.4) is 0 Å². The van der Waals surface area contributed by atoms with E-state index in [1.165, 1.54) is 6.92 Å². The van der Waals surface area contributed by atoms with Crippen LogP contribution in [0.2, 0.25) is 5.02 Å². The second-order valence-electron chi connectivity index (χ2n) is 6.39. The molecule has 1 aromatic rings. The molecule has 0 unspecified atom stereocenters. The second kappa shape index (κ2) is 10.2. The molecule has 0 aromatic heterocycles. The molecule has 2 rings (SSSR count). The Morgan fingerprint density at radius 1 is 1.22 bits per heavy atom.